The molecule has 2 aliphatic heterocycles. The van der Waals surface area contributed by atoms with Gasteiger partial charge in [-0.25, -0.2) is 0 Å². The molecule has 8 heteroatoms. The molecule has 0 unspecified atom stereocenters. The van der Waals surface area contributed by atoms with Crippen molar-refractivity contribution < 1.29 is 4.79 Å². The zero-order valence-electron chi connectivity index (χ0n) is 17.1. The summed E-state index contributed by atoms with van der Waals surface area (Å²) in [6.45, 7) is 12.3. The molecule has 1 N–H and O–H groups in total. The summed E-state index contributed by atoms with van der Waals surface area (Å²) in [6, 6.07) is 4.37. The van der Waals surface area contributed by atoms with Crippen LogP contribution in [0.5, 0.6) is 0 Å². The number of amides is 1. The fourth-order valence-electron chi connectivity index (χ4n) is 3.82. The number of carbonyl (C=O) groups is 1. The van der Waals surface area contributed by atoms with Crippen molar-refractivity contribution >= 4 is 47.2 Å². The van der Waals surface area contributed by atoms with Crippen LogP contribution in [0.4, 0.5) is 0 Å². The monoisotopic (exact) mass is 519 g/mol. The molecule has 158 valence electrons. The van der Waals surface area contributed by atoms with Gasteiger partial charge in [0.2, 0.25) is 5.91 Å². The van der Waals surface area contributed by atoms with Crippen molar-refractivity contribution in [1.82, 2.24) is 20.0 Å². The number of hydrogen-bond acceptors (Lipinski definition) is 4. The van der Waals surface area contributed by atoms with Crippen LogP contribution in [-0.4, -0.2) is 78.9 Å². The van der Waals surface area contributed by atoms with Crippen LogP contribution < -0.4 is 5.32 Å². The Morgan fingerprint density at radius 3 is 2.43 bits per heavy atom. The maximum absolute atomic E-state index is 11.5. The van der Waals surface area contributed by atoms with E-state index >= 15 is 0 Å². The van der Waals surface area contributed by atoms with Crippen molar-refractivity contribution in [3.8, 4) is 0 Å². The van der Waals surface area contributed by atoms with Gasteiger partial charge in [-0.2, -0.15) is 0 Å². The molecule has 2 saturated heterocycles. The van der Waals surface area contributed by atoms with Crippen molar-refractivity contribution in [1.29, 1.82) is 0 Å². The van der Waals surface area contributed by atoms with E-state index < -0.39 is 0 Å². The number of aliphatic imine (C=N–C) groups is 1. The molecule has 0 aromatic carbocycles. The van der Waals surface area contributed by atoms with Crippen LogP contribution >= 0.6 is 35.3 Å². The lowest BCUT2D eigenvalue weighted by molar-refractivity contribution is -0.130. The largest absolute Gasteiger partial charge is 0.357 e. The number of halogens is 1. The Kier molecular flexibility index (Phi) is 10.0. The van der Waals surface area contributed by atoms with E-state index in [0.29, 0.717) is 5.92 Å². The number of nitrogens with one attached hydrogen (secondary N) is 1. The Labute approximate surface area is 190 Å². The minimum Gasteiger partial charge on any atom is -0.357 e. The Morgan fingerprint density at radius 2 is 1.86 bits per heavy atom. The van der Waals surface area contributed by atoms with E-state index in [9.17, 15) is 4.79 Å². The number of rotatable bonds is 5. The third-order valence-corrected chi connectivity index (χ3v) is 6.39. The second-order valence-corrected chi connectivity index (χ2v) is 8.52. The quantitative estimate of drug-likeness (QED) is 0.370. The van der Waals surface area contributed by atoms with Gasteiger partial charge in [-0.1, -0.05) is 6.07 Å². The van der Waals surface area contributed by atoms with Gasteiger partial charge in [0, 0.05) is 57.6 Å². The van der Waals surface area contributed by atoms with Crippen molar-refractivity contribution in [3.63, 3.8) is 0 Å². The lowest BCUT2D eigenvalue weighted by Gasteiger charge is -2.36. The first-order chi connectivity index (χ1) is 13.2. The molecular formula is C20H34IN5OS. The number of piperidine rings is 1. The van der Waals surface area contributed by atoms with Crippen LogP contribution in [0.1, 0.15) is 31.6 Å². The highest BCUT2D eigenvalue weighted by Crippen LogP contribution is 2.21. The number of piperazine rings is 1. The molecular weight excluding hydrogens is 485 g/mol. The molecule has 6 nitrogen and oxygen atoms in total. The van der Waals surface area contributed by atoms with Crippen LogP contribution in [-0.2, 0) is 11.3 Å². The predicted octanol–water partition coefficient (Wildman–Crippen LogP) is 2.71. The zero-order valence-corrected chi connectivity index (χ0v) is 20.2. The van der Waals surface area contributed by atoms with E-state index in [1.165, 1.54) is 30.8 Å². The molecule has 0 bridgehead atoms. The molecule has 3 rings (SSSR count). The van der Waals surface area contributed by atoms with Gasteiger partial charge in [0.15, 0.2) is 5.96 Å². The molecule has 0 aliphatic carbocycles. The molecule has 1 aromatic heterocycles. The van der Waals surface area contributed by atoms with Crippen LogP contribution in [0.15, 0.2) is 22.5 Å². The highest BCUT2D eigenvalue weighted by atomic mass is 127. The van der Waals surface area contributed by atoms with Crippen molar-refractivity contribution in [2.24, 2.45) is 10.9 Å². The Hall–Kier alpha value is -0.870. The molecule has 3 heterocycles. The van der Waals surface area contributed by atoms with Crippen LogP contribution in [0, 0.1) is 5.92 Å². The smallest absolute Gasteiger partial charge is 0.219 e. The number of carbonyl (C=O) groups excluding carboxylic acids is 1. The maximum Gasteiger partial charge on any atom is 0.219 e. The van der Waals surface area contributed by atoms with E-state index in [-0.39, 0.29) is 29.9 Å². The Morgan fingerprint density at radius 1 is 1.18 bits per heavy atom. The van der Waals surface area contributed by atoms with Crippen LogP contribution in [0.2, 0.25) is 0 Å². The lowest BCUT2D eigenvalue weighted by atomic mass is 9.97. The normalized spacial score (nSPS) is 19.4. The van der Waals surface area contributed by atoms with Gasteiger partial charge in [-0.05, 0) is 50.2 Å². The maximum atomic E-state index is 11.5. The fraction of sp³-hybridized carbons (Fsp3) is 0.700. The lowest BCUT2D eigenvalue weighted by Crippen LogP contribution is -2.53. The third kappa shape index (κ3) is 6.88. The molecule has 2 fully saturated rings. The van der Waals surface area contributed by atoms with Gasteiger partial charge in [0.25, 0.3) is 0 Å². The van der Waals surface area contributed by atoms with Gasteiger partial charge in [0.1, 0.15) is 0 Å². The van der Waals surface area contributed by atoms with Gasteiger partial charge >= 0.3 is 0 Å². The Balaban J connectivity index is 0.00000280. The average molecular weight is 519 g/mol. The van der Waals surface area contributed by atoms with E-state index in [4.69, 9.17) is 4.99 Å². The Bertz CT molecular complexity index is 608. The van der Waals surface area contributed by atoms with Gasteiger partial charge in [-0.15, -0.1) is 35.3 Å². The van der Waals surface area contributed by atoms with E-state index in [0.717, 1.165) is 51.8 Å². The first kappa shape index (κ1) is 23.4. The number of guanidine groups is 1. The second-order valence-electron chi connectivity index (χ2n) is 7.49. The predicted molar refractivity (Wildman–Crippen MR) is 128 cm³/mol. The van der Waals surface area contributed by atoms with E-state index in [1.54, 1.807) is 6.92 Å². The first-order valence-corrected chi connectivity index (χ1v) is 11.1. The summed E-state index contributed by atoms with van der Waals surface area (Å²) in [5, 5.41) is 5.60. The van der Waals surface area contributed by atoms with Gasteiger partial charge < -0.3 is 15.1 Å². The van der Waals surface area contributed by atoms with Crippen molar-refractivity contribution in [3.05, 3.63) is 22.4 Å². The number of hydrogen-bond donors (Lipinski definition) is 1. The first-order valence-electron chi connectivity index (χ1n) is 10.2. The summed E-state index contributed by atoms with van der Waals surface area (Å²) >= 11 is 1.85. The van der Waals surface area contributed by atoms with Gasteiger partial charge in [-0.3, -0.25) is 14.7 Å². The molecule has 0 radical (unpaired) electrons. The minimum atomic E-state index is 0. The van der Waals surface area contributed by atoms with E-state index in [2.05, 4.69) is 39.6 Å². The topological polar surface area (TPSA) is 51.2 Å². The van der Waals surface area contributed by atoms with Crippen LogP contribution in [0.3, 0.4) is 0 Å². The second kappa shape index (κ2) is 12.0. The highest BCUT2D eigenvalue weighted by Gasteiger charge is 2.22. The van der Waals surface area contributed by atoms with Crippen molar-refractivity contribution in [2.75, 3.05) is 52.4 Å². The van der Waals surface area contributed by atoms with Crippen molar-refractivity contribution in [2.45, 2.75) is 33.2 Å². The van der Waals surface area contributed by atoms with Gasteiger partial charge in [0.05, 0.1) is 0 Å². The molecule has 2 aliphatic rings. The number of likely N-dealkylation sites (tertiary alicyclic amines) is 1. The standard InChI is InChI=1S/C20H33N5OS.HI/c1-3-21-20(25-12-10-24(11-13-25)17(2)26)22-15-18-6-8-23(9-7-18)16-19-5-4-14-27-19;/h4-5,14,18H,3,6-13,15-16H2,1-2H3,(H,21,22);1H. The molecule has 1 aromatic rings. The van der Waals surface area contributed by atoms with Crippen LogP contribution in [0.25, 0.3) is 0 Å². The summed E-state index contributed by atoms with van der Waals surface area (Å²) in [6.07, 6.45) is 2.46. The molecule has 0 spiro atoms. The summed E-state index contributed by atoms with van der Waals surface area (Å²) in [7, 11) is 0. The highest BCUT2D eigenvalue weighted by molar-refractivity contribution is 14.0. The zero-order chi connectivity index (χ0) is 19.1. The minimum absolute atomic E-state index is 0. The number of thiophene rings is 1. The molecule has 28 heavy (non-hydrogen) atoms. The molecule has 0 saturated carbocycles. The summed E-state index contributed by atoms with van der Waals surface area (Å²) in [4.78, 5) is 24.7. The molecule has 1 amide bonds. The SMILES string of the molecule is CCNC(=NCC1CCN(Cc2cccs2)CC1)N1CCN(C(C)=O)CC1.I. The fourth-order valence-corrected chi connectivity index (χ4v) is 4.57. The number of nitrogens with zero attached hydrogens (tertiary/aromatic N) is 4. The average Bonchev–Trinajstić information content (AvgIpc) is 3.19. The van der Waals surface area contributed by atoms with E-state index in [1.807, 2.05) is 16.2 Å². The molecule has 0 atom stereocenters. The summed E-state index contributed by atoms with van der Waals surface area (Å²) in [5.74, 6) is 1.87. The summed E-state index contributed by atoms with van der Waals surface area (Å²) in [5.41, 5.74) is 0. The third-order valence-electron chi connectivity index (χ3n) is 5.53. The summed E-state index contributed by atoms with van der Waals surface area (Å²) < 4.78 is 0.